The van der Waals surface area contributed by atoms with E-state index in [2.05, 4.69) is 15.6 Å². The van der Waals surface area contributed by atoms with Crippen molar-refractivity contribution in [2.75, 3.05) is 5.32 Å². The molecule has 0 atom stereocenters. The highest BCUT2D eigenvalue weighted by Gasteiger charge is 2.07. The number of benzene rings is 2. The fourth-order valence-corrected chi connectivity index (χ4v) is 2.35. The summed E-state index contributed by atoms with van der Waals surface area (Å²) in [5.41, 5.74) is 2.17. The minimum Gasteiger partial charge on any atom is -0.366 e. The molecule has 0 unspecified atom stereocenters. The monoisotopic (exact) mass is 353 g/mol. The lowest BCUT2D eigenvalue weighted by atomic mass is 10.2. The molecule has 2 aromatic carbocycles. The van der Waals surface area contributed by atoms with E-state index in [4.69, 9.17) is 0 Å². The number of halogens is 2. The number of nitrogens with one attached hydrogen (secondary N) is 2. The van der Waals surface area contributed by atoms with Gasteiger partial charge in [0.05, 0.1) is 0 Å². The van der Waals surface area contributed by atoms with Gasteiger partial charge in [-0.2, -0.15) is 0 Å². The number of aromatic nitrogens is 1. The summed E-state index contributed by atoms with van der Waals surface area (Å²) in [6.07, 6.45) is 1.54. The van der Waals surface area contributed by atoms with Crippen molar-refractivity contribution in [3.8, 4) is 0 Å². The molecule has 3 aromatic rings. The van der Waals surface area contributed by atoms with Crippen molar-refractivity contribution >= 4 is 11.7 Å². The van der Waals surface area contributed by atoms with E-state index in [-0.39, 0.29) is 17.5 Å². The number of pyridine rings is 1. The first-order valence-electron chi connectivity index (χ1n) is 8.07. The van der Waals surface area contributed by atoms with Crippen molar-refractivity contribution in [2.45, 2.75) is 13.1 Å². The maximum absolute atomic E-state index is 12.9. The third-order valence-corrected chi connectivity index (χ3v) is 3.78. The molecule has 0 spiro atoms. The van der Waals surface area contributed by atoms with E-state index in [0.29, 0.717) is 24.5 Å². The summed E-state index contributed by atoms with van der Waals surface area (Å²) in [4.78, 5) is 16.4. The van der Waals surface area contributed by atoms with Crippen molar-refractivity contribution < 1.29 is 13.6 Å². The van der Waals surface area contributed by atoms with Crippen LogP contribution in [0.3, 0.4) is 0 Å². The Labute approximate surface area is 149 Å². The molecule has 6 heteroatoms. The first kappa shape index (κ1) is 17.5. The Morgan fingerprint density at radius 2 is 1.42 bits per heavy atom. The Morgan fingerprint density at radius 3 is 2.04 bits per heavy atom. The highest BCUT2D eigenvalue weighted by atomic mass is 19.1. The van der Waals surface area contributed by atoms with Crippen LogP contribution < -0.4 is 10.6 Å². The van der Waals surface area contributed by atoms with E-state index in [1.807, 2.05) is 0 Å². The molecule has 2 N–H and O–H groups in total. The second-order valence-electron chi connectivity index (χ2n) is 5.72. The maximum atomic E-state index is 12.9. The topological polar surface area (TPSA) is 54.0 Å². The van der Waals surface area contributed by atoms with Gasteiger partial charge in [-0.25, -0.2) is 13.8 Å². The number of hydrogen-bond acceptors (Lipinski definition) is 3. The van der Waals surface area contributed by atoms with Gasteiger partial charge >= 0.3 is 0 Å². The summed E-state index contributed by atoms with van der Waals surface area (Å²) >= 11 is 0. The van der Waals surface area contributed by atoms with Gasteiger partial charge in [0.1, 0.15) is 17.5 Å². The lowest BCUT2D eigenvalue weighted by Crippen LogP contribution is -2.23. The van der Waals surface area contributed by atoms with Crippen LogP contribution in [0.4, 0.5) is 14.6 Å². The van der Waals surface area contributed by atoms with Crippen LogP contribution in [0, 0.1) is 11.6 Å². The molecule has 26 heavy (non-hydrogen) atoms. The number of nitrogens with zero attached hydrogens (tertiary/aromatic N) is 1. The van der Waals surface area contributed by atoms with E-state index in [0.717, 1.165) is 11.1 Å². The first-order valence-corrected chi connectivity index (χ1v) is 8.07. The number of amides is 1. The molecule has 1 amide bonds. The molecule has 0 fully saturated rings. The number of rotatable bonds is 6. The Balaban J connectivity index is 1.58. The summed E-state index contributed by atoms with van der Waals surface area (Å²) in [6.45, 7) is 0.772. The van der Waals surface area contributed by atoms with Crippen molar-refractivity contribution in [1.29, 1.82) is 0 Å². The van der Waals surface area contributed by atoms with Gasteiger partial charge in [0.25, 0.3) is 5.91 Å². The van der Waals surface area contributed by atoms with E-state index in [1.165, 1.54) is 24.3 Å². The summed E-state index contributed by atoms with van der Waals surface area (Å²) in [7, 11) is 0. The van der Waals surface area contributed by atoms with Gasteiger partial charge in [-0.15, -0.1) is 0 Å². The number of carbonyl (C=O) groups is 1. The van der Waals surface area contributed by atoms with Crippen LogP contribution in [0.2, 0.25) is 0 Å². The third kappa shape index (κ3) is 4.86. The van der Waals surface area contributed by atoms with Crippen LogP contribution >= 0.6 is 0 Å². The van der Waals surface area contributed by atoms with Crippen LogP contribution in [-0.4, -0.2) is 10.9 Å². The SMILES string of the molecule is O=C(NCc1ccc(F)cc1)c1ccnc(NCc2ccc(F)cc2)c1. The van der Waals surface area contributed by atoms with Gasteiger partial charge in [-0.3, -0.25) is 4.79 Å². The van der Waals surface area contributed by atoms with Gasteiger partial charge < -0.3 is 10.6 Å². The van der Waals surface area contributed by atoms with Crippen LogP contribution in [0.15, 0.2) is 66.9 Å². The Bertz CT molecular complexity index is 880. The second kappa shape index (κ2) is 8.20. The van der Waals surface area contributed by atoms with Gasteiger partial charge in [0, 0.05) is 24.8 Å². The van der Waals surface area contributed by atoms with Gasteiger partial charge in [0.2, 0.25) is 0 Å². The molecular formula is C20H17F2N3O. The predicted molar refractivity (Wildman–Crippen MR) is 95.5 cm³/mol. The van der Waals surface area contributed by atoms with Crippen molar-refractivity contribution in [3.05, 3.63) is 95.2 Å². The molecule has 0 aliphatic rings. The molecule has 0 radical (unpaired) electrons. The van der Waals surface area contributed by atoms with Crippen LogP contribution in [0.1, 0.15) is 21.5 Å². The Kier molecular flexibility index (Phi) is 5.53. The molecule has 3 rings (SSSR count). The van der Waals surface area contributed by atoms with E-state index in [9.17, 15) is 13.6 Å². The molecule has 4 nitrogen and oxygen atoms in total. The lowest BCUT2D eigenvalue weighted by Gasteiger charge is -2.09. The summed E-state index contributed by atoms with van der Waals surface area (Å²) in [6, 6.07) is 15.4. The quantitative estimate of drug-likeness (QED) is 0.707. The Morgan fingerprint density at radius 1 is 0.846 bits per heavy atom. The Hall–Kier alpha value is -3.28. The lowest BCUT2D eigenvalue weighted by molar-refractivity contribution is 0.0951. The summed E-state index contributed by atoms with van der Waals surface area (Å²) < 4.78 is 25.8. The second-order valence-corrected chi connectivity index (χ2v) is 5.72. The molecule has 132 valence electrons. The standard InChI is InChI=1S/C20H17F2N3O/c21-17-5-1-14(2-6-17)12-24-19-11-16(9-10-23-19)20(26)25-13-15-3-7-18(22)8-4-15/h1-11H,12-13H2,(H,23,24)(H,25,26). The normalized spacial score (nSPS) is 10.4. The van der Waals surface area contributed by atoms with Crippen molar-refractivity contribution in [1.82, 2.24) is 10.3 Å². The highest BCUT2D eigenvalue weighted by molar-refractivity contribution is 5.94. The fraction of sp³-hybridized carbons (Fsp3) is 0.100. The van der Waals surface area contributed by atoms with Crippen molar-refractivity contribution in [3.63, 3.8) is 0 Å². The van der Waals surface area contributed by atoms with Crippen LogP contribution in [0.25, 0.3) is 0 Å². The van der Waals surface area contributed by atoms with Gasteiger partial charge in [-0.05, 0) is 47.5 Å². The molecule has 0 aliphatic heterocycles. The third-order valence-electron chi connectivity index (χ3n) is 3.78. The molecule has 1 aromatic heterocycles. The van der Waals surface area contributed by atoms with Gasteiger partial charge in [0.15, 0.2) is 0 Å². The first-order chi connectivity index (χ1) is 12.6. The molecule has 0 aliphatic carbocycles. The number of carbonyl (C=O) groups excluding carboxylic acids is 1. The zero-order valence-corrected chi connectivity index (χ0v) is 13.9. The fourth-order valence-electron chi connectivity index (χ4n) is 2.35. The smallest absolute Gasteiger partial charge is 0.251 e. The summed E-state index contributed by atoms with van der Waals surface area (Å²) in [5, 5.41) is 5.88. The van der Waals surface area contributed by atoms with E-state index >= 15 is 0 Å². The minimum absolute atomic E-state index is 0.249. The van der Waals surface area contributed by atoms with Crippen molar-refractivity contribution in [2.24, 2.45) is 0 Å². The average molecular weight is 353 g/mol. The average Bonchev–Trinajstić information content (AvgIpc) is 2.67. The van der Waals surface area contributed by atoms with E-state index < -0.39 is 0 Å². The molecule has 0 bridgehead atoms. The molecular weight excluding hydrogens is 336 g/mol. The largest absolute Gasteiger partial charge is 0.366 e. The summed E-state index contributed by atoms with van der Waals surface area (Å²) in [5.74, 6) is -0.303. The number of anilines is 1. The minimum atomic E-state index is -0.314. The molecule has 0 saturated carbocycles. The zero-order valence-electron chi connectivity index (χ0n) is 13.9. The van der Waals surface area contributed by atoms with Crippen LogP contribution in [0.5, 0.6) is 0 Å². The zero-order chi connectivity index (χ0) is 18.4. The van der Waals surface area contributed by atoms with Gasteiger partial charge in [-0.1, -0.05) is 24.3 Å². The molecule has 0 saturated heterocycles. The van der Waals surface area contributed by atoms with Crippen LogP contribution in [-0.2, 0) is 13.1 Å². The molecule has 1 heterocycles. The van der Waals surface area contributed by atoms with E-state index in [1.54, 1.807) is 42.6 Å². The predicted octanol–water partition coefficient (Wildman–Crippen LogP) is 3.90. The highest BCUT2D eigenvalue weighted by Crippen LogP contribution is 2.10. The number of hydrogen-bond donors (Lipinski definition) is 2. The maximum Gasteiger partial charge on any atom is 0.251 e.